The molecule has 2 aromatic rings. The van der Waals surface area contributed by atoms with Crippen LogP contribution in [0.25, 0.3) is 0 Å². The molecule has 2 aliphatic heterocycles. The number of carbonyl (C=O) groups excluding carboxylic acids is 2. The number of hydrogen-bond acceptors (Lipinski definition) is 4. The van der Waals surface area contributed by atoms with E-state index in [4.69, 9.17) is 4.74 Å². The minimum atomic E-state index is -0.602. The van der Waals surface area contributed by atoms with E-state index in [0.29, 0.717) is 13.0 Å². The first-order chi connectivity index (χ1) is 15.2. The minimum Gasteiger partial charge on any atom is -0.379 e. The molecule has 2 amide bonds. The molecule has 164 valence electrons. The van der Waals surface area contributed by atoms with Crippen molar-refractivity contribution >= 4 is 17.5 Å². The van der Waals surface area contributed by atoms with E-state index in [0.717, 1.165) is 63.4 Å². The first kappa shape index (κ1) is 21.5. The van der Waals surface area contributed by atoms with Gasteiger partial charge in [-0.05, 0) is 42.5 Å². The van der Waals surface area contributed by atoms with Crippen LogP contribution in [-0.2, 0) is 20.7 Å². The summed E-state index contributed by atoms with van der Waals surface area (Å²) in [4.78, 5) is 29.9. The van der Waals surface area contributed by atoms with Gasteiger partial charge in [-0.1, -0.05) is 42.5 Å². The quantitative estimate of drug-likeness (QED) is 0.746. The Balaban J connectivity index is 1.41. The molecule has 2 heterocycles. The number of carbonyl (C=O) groups is 2. The number of morpholine rings is 1. The maximum atomic E-state index is 13.3. The Bertz CT molecular complexity index is 863. The van der Waals surface area contributed by atoms with E-state index >= 15 is 0 Å². The Kier molecular flexibility index (Phi) is 7.33. The van der Waals surface area contributed by atoms with Gasteiger partial charge in [0.2, 0.25) is 5.91 Å². The number of anilines is 1. The number of amides is 2. The number of nitrogens with one attached hydrogen (secondary N) is 1. The number of rotatable bonds is 7. The molecule has 0 saturated carbocycles. The summed E-state index contributed by atoms with van der Waals surface area (Å²) in [5.74, 6) is -0.115. The Labute approximate surface area is 184 Å². The molecule has 0 aliphatic carbocycles. The molecule has 2 saturated heterocycles. The zero-order chi connectivity index (χ0) is 21.5. The highest BCUT2D eigenvalue weighted by molar-refractivity contribution is 5.98. The third-order valence-electron chi connectivity index (χ3n) is 6.08. The second-order valence-electron chi connectivity index (χ2n) is 8.25. The van der Waals surface area contributed by atoms with Crippen LogP contribution in [0, 0.1) is 0 Å². The SMILES string of the molecule is O=C(Nc1ccc(CCN2CCOCC2)cc1)C(c1ccccc1)N1CCCCC1=O. The fraction of sp³-hybridized carbons (Fsp3) is 0.440. The molecule has 0 radical (unpaired) electrons. The summed E-state index contributed by atoms with van der Waals surface area (Å²) in [6, 6.07) is 17.0. The Morgan fingerprint density at radius 2 is 1.71 bits per heavy atom. The molecule has 4 rings (SSSR count). The van der Waals surface area contributed by atoms with Crippen LogP contribution in [0.3, 0.4) is 0 Å². The first-order valence-corrected chi connectivity index (χ1v) is 11.2. The highest BCUT2D eigenvalue weighted by Crippen LogP contribution is 2.27. The minimum absolute atomic E-state index is 0.0497. The molecule has 2 fully saturated rings. The van der Waals surface area contributed by atoms with Gasteiger partial charge in [0, 0.05) is 38.3 Å². The average molecular weight is 422 g/mol. The lowest BCUT2D eigenvalue weighted by Gasteiger charge is -2.34. The molecule has 0 bridgehead atoms. The standard InChI is InChI=1S/C25H31N3O3/c29-23-8-4-5-14-28(23)24(21-6-2-1-3-7-21)25(30)26-22-11-9-20(10-12-22)13-15-27-16-18-31-19-17-27/h1-3,6-7,9-12,24H,4-5,8,13-19H2,(H,26,30). The second kappa shape index (κ2) is 10.6. The molecular weight excluding hydrogens is 390 g/mol. The smallest absolute Gasteiger partial charge is 0.251 e. The van der Waals surface area contributed by atoms with Crippen LogP contribution in [0.5, 0.6) is 0 Å². The largest absolute Gasteiger partial charge is 0.379 e. The monoisotopic (exact) mass is 421 g/mol. The summed E-state index contributed by atoms with van der Waals surface area (Å²) >= 11 is 0. The zero-order valence-electron chi connectivity index (χ0n) is 18.0. The van der Waals surface area contributed by atoms with Gasteiger partial charge in [0.1, 0.15) is 6.04 Å². The molecule has 1 atom stereocenters. The van der Waals surface area contributed by atoms with Crippen molar-refractivity contribution < 1.29 is 14.3 Å². The molecule has 6 nitrogen and oxygen atoms in total. The third-order valence-corrected chi connectivity index (χ3v) is 6.08. The van der Waals surface area contributed by atoms with Crippen LogP contribution in [0.2, 0.25) is 0 Å². The molecule has 1 N–H and O–H groups in total. The van der Waals surface area contributed by atoms with Gasteiger partial charge >= 0.3 is 0 Å². The molecule has 0 spiro atoms. The fourth-order valence-electron chi connectivity index (χ4n) is 4.29. The lowest BCUT2D eigenvalue weighted by Crippen LogP contribution is -2.43. The second-order valence-corrected chi connectivity index (χ2v) is 8.25. The van der Waals surface area contributed by atoms with Gasteiger partial charge in [0.05, 0.1) is 13.2 Å². The van der Waals surface area contributed by atoms with Gasteiger partial charge in [-0.3, -0.25) is 14.5 Å². The van der Waals surface area contributed by atoms with Crippen LogP contribution in [0.15, 0.2) is 54.6 Å². The van der Waals surface area contributed by atoms with E-state index in [-0.39, 0.29) is 11.8 Å². The van der Waals surface area contributed by atoms with Crippen molar-refractivity contribution in [2.45, 2.75) is 31.7 Å². The van der Waals surface area contributed by atoms with E-state index in [9.17, 15) is 9.59 Å². The number of hydrogen-bond donors (Lipinski definition) is 1. The lowest BCUT2D eigenvalue weighted by molar-refractivity contribution is -0.141. The van der Waals surface area contributed by atoms with Crippen LogP contribution in [0.4, 0.5) is 5.69 Å². The van der Waals surface area contributed by atoms with Gasteiger partial charge in [0.25, 0.3) is 5.91 Å². The Morgan fingerprint density at radius 3 is 2.42 bits per heavy atom. The summed E-state index contributed by atoms with van der Waals surface area (Å²) in [6.45, 7) is 5.24. The van der Waals surface area contributed by atoms with Crippen molar-refractivity contribution in [2.75, 3.05) is 44.7 Å². The van der Waals surface area contributed by atoms with Crippen molar-refractivity contribution in [3.63, 3.8) is 0 Å². The first-order valence-electron chi connectivity index (χ1n) is 11.2. The average Bonchev–Trinajstić information content (AvgIpc) is 2.81. The molecule has 2 aromatic carbocycles. The van der Waals surface area contributed by atoms with E-state index in [1.165, 1.54) is 5.56 Å². The summed E-state index contributed by atoms with van der Waals surface area (Å²) in [7, 11) is 0. The third kappa shape index (κ3) is 5.71. The van der Waals surface area contributed by atoms with Crippen molar-refractivity contribution in [2.24, 2.45) is 0 Å². The van der Waals surface area contributed by atoms with Crippen molar-refractivity contribution in [3.05, 3.63) is 65.7 Å². The van der Waals surface area contributed by atoms with Gasteiger partial charge in [-0.2, -0.15) is 0 Å². The Morgan fingerprint density at radius 1 is 0.968 bits per heavy atom. The predicted molar refractivity (Wildman–Crippen MR) is 121 cm³/mol. The summed E-state index contributed by atoms with van der Waals surface area (Å²) in [5, 5.41) is 3.03. The number of ether oxygens (including phenoxy) is 1. The summed E-state index contributed by atoms with van der Waals surface area (Å²) in [5.41, 5.74) is 2.85. The number of benzene rings is 2. The molecule has 2 aliphatic rings. The normalized spacial score (nSPS) is 18.6. The van der Waals surface area contributed by atoms with Crippen LogP contribution < -0.4 is 5.32 Å². The zero-order valence-corrected chi connectivity index (χ0v) is 18.0. The maximum Gasteiger partial charge on any atom is 0.251 e. The fourth-order valence-corrected chi connectivity index (χ4v) is 4.29. The van der Waals surface area contributed by atoms with Crippen molar-refractivity contribution in [1.82, 2.24) is 9.80 Å². The molecular formula is C25H31N3O3. The molecule has 0 aromatic heterocycles. The highest BCUT2D eigenvalue weighted by Gasteiger charge is 2.32. The van der Waals surface area contributed by atoms with Crippen LogP contribution >= 0.6 is 0 Å². The predicted octanol–water partition coefficient (Wildman–Crippen LogP) is 3.25. The maximum absolute atomic E-state index is 13.3. The van der Waals surface area contributed by atoms with E-state index in [2.05, 4.69) is 22.3 Å². The number of piperidine rings is 1. The van der Waals surface area contributed by atoms with Gasteiger partial charge in [0.15, 0.2) is 0 Å². The van der Waals surface area contributed by atoms with E-state index in [1.54, 1.807) is 4.90 Å². The van der Waals surface area contributed by atoms with Crippen molar-refractivity contribution in [1.29, 1.82) is 0 Å². The van der Waals surface area contributed by atoms with Crippen LogP contribution in [0.1, 0.15) is 36.4 Å². The Hall–Kier alpha value is -2.70. The topological polar surface area (TPSA) is 61.9 Å². The van der Waals surface area contributed by atoms with Gasteiger partial charge in [-0.15, -0.1) is 0 Å². The van der Waals surface area contributed by atoms with Crippen molar-refractivity contribution in [3.8, 4) is 0 Å². The van der Waals surface area contributed by atoms with Gasteiger partial charge < -0.3 is 15.0 Å². The highest BCUT2D eigenvalue weighted by atomic mass is 16.5. The lowest BCUT2D eigenvalue weighted by atomic mass is 10.0. The number of likely N-dealkylation sites (tertiary alicyclic amines) is 1. The molecule has 1 unspecified atom stereocenters. The van der Waals surface area contributed by atoms with Gasteiger partial charge in [-0.25, -0.2) is 0 Å². The molecule has 6 heteroatoms. The van der Waals surface area contributed by atoms with E-state index in [1.807, 2.05) is 42.5 Å². The number of nitrogens with zero attached hydrogens (tertiary/aromatic N) is 2. The summed E-state index contributed by atoms with van der Waals surface area (Å²) in [6.07, 6.45) is 3.31. The van der Waals surface area contributed by atoms with Crippen LogP contribution in [-0.4, -0.2) is 61.0 Å². The summed E-state index contributed by atoms with van der Waals surface area (Å²) < 4.78 is 5.40. The van der Waals surface area contributed by atoms with E-state index < -0.39 is 6.04 Å². The molecule has 31 heavy (non-hydrogen) atoms.